The molecule has 130 valence electrons. The highest BCUT2D eigenvalue weighted by Crippen LogP contribution is 2.35. The summed E-state index contributed by atoms with van der Waals surface area (Å²) >= 11 is 0. The van der Waals surface area contributed by atoms with Crippen LogP contribution in [0, 0.1) is 17.8 Å². The van der Waals surface area contributed by atoms with Crippen LogP contribution >= 0.6 is 0 Å². The number of phenols is 1. The molecule has 0 aliphatic carbocycles. The number of rotatable bonds is 8. The Morgan fingerprint density at radius 2 is 1.48 bits per heavy atom. The predicted molar refractivity (Wildman–Crippen MR) is 99.4 cm³/mol. The minimum absolute atomic E-state index is 0.288. The van der Waals surface area contributed by atoms with Gasteiger partial charge in [-0.15, -0.1) is 0 Å². The molecule has 0 fully saturated rings. The highest BCUT2D eigenvalue weighted by Gasteiger charge is 2.28. The van der Waals surface area contributed by atoms with Crippen LogP contribution in [0.5, 0.6) is 5.75 Å². The van der Waals surface area contributed by atoms with Crippen molar-refractivity contribution in [3.8, 4) is 5.75 Å². The molecule has 1 rings (SSSR count). The van der Waals surface area contributed by atoms with Crippen molar-refractivity contribution in [2.75, 3.05) is 0 Å². The van der Waals surface area contributed by atoms with Gasteiger partial charge < -0.3 is 10.2 Å². The van der Waals surface area contributed by atoms with Crippen molar-refractivity contribution in [3.05, 3.63) is 35.9 Å². The fourth-order valence-corrected chi connectivity index (χ4v) is 3.37. The van der Waals surface area contributed by atoms with Crippen LogP contribution in [0.15, 0.2) is 30.3 Å². The van der Waals surface area contributed by atoms with Crippen molar-refractivity contribution in [1.29, 1.82) is 0 Å². The molecular formula is C21H34O2. The number of aliphatic hydroxyl groups is 1. The minimum Gasteiger partial charge on any atom is -0.507 e. The highest BCUT2D eigenvalue weighted by molar-refractivity contribution is 5.71. The van der Waals surface area contributed by atoms with Crippen LogP contribution in [0.4, 0.5) is 0 Å². The Kier molecular flexibility index (Phi) is 7.34. The molecule has 2 heteroatoms. The third-order valence-electron chi connectivity index (χ3n) is 3.84. The normalized spacial score (nSPS) is 13.4. The molecule has 0 amide bonds. The Bertz CT molecular complexity index is 502. The number of hydrogen-bond donors (Lipinski definition) is 2. The van der Waals surface area contributed by atoms with Gasteiger partial charge in [0.25, 0.3) is 0 Å². The molecule has 0 unspecified atom stereocenters. The van der Waals surface area contributed by atoms with Gasteiger partial charge >= 0.3 is 0 Å². The van der Waals surface area contributed by atoms with Crippen molar-refractivity contribution < 1.29 is 10.2 Å². The molecule has 0 spiro atoms. The summed E-state index contributed by atoms with van der Waals surface area (Å²) in [5.74, 6) is 1.58. The second kappa shape index (κ2) is 8.54. The maximum atomic E-state index is 11.2. The van der Waals surface area contributed by atoms with Gasteiger partial charge in [0.2, 0.25) is 0 Å². The lowest BCUT2D eigenvalue weighted by atomic mass is 9.81. The second-order valence-electron chi connectivity index (χ2n) is 8.08. The molecule has 0 aliphatic heterocycles. The lowest BCUT2D eigenvalue weighted by Gasteiger charge is -2.30. The first kappa shape index (κ1) is 19.8. The lowest BCUT2D eigenvalue weighted by Crippen LogP contribution is -2.30. The lowest BCUT2D eigenvalue weighted by molar-refractivity contribution is 0.0474. The van der Waals surface area contributed by atoms with E-state index in [2.05, 4.69) is 41.5 Å². The van der Waals surface area contributed by atoms with E-state index in [-0.39, 0.29) is 5.75 Å². The van der Waals surface area contributed by atoms with E-state index in [0.717, 1.165) is 30.4 Å². The van der Waals surface area contributed by atoms with Crippen LogP contribution < -0.4 is 0 Å². The van der Waals surface area contributed by atoms with Gasteiger partial charge in [0.1, 0.15) is 5.75 Å². The van der Waals surface area contributed by atoms with Crippen molar-refractivity contribution in [1.82, 2.24) is 0 Å². The van der Waals surface area contributed by atoms with Gasteiger partial charge in [-0.1, -0.05) is 59.7 Å². The Morgan fingerprint density at radius 3 is 1.91 bits per heavy atom. The Balaban J connectivity index is 3.30. The molecule has 1 aromatic rings. The molecule has 0 saturated heterocycles. The summed E-state index contributed by atoms with van der Waals surface area (Å²) < 4.78 is 0. The first-order chi connectivity index (χ1) is 10.6. The monoisotopic (exact) mass is 318 g/mol. The molecular weight excluding hydrogens is 284 g/mol. The Hall–Kier alpha value is -1.28. The summed E-state index contributed by atoms with van der Waals surface area (Å²) in [5.41, 5.74) is 1.06. The fraction of sp³-hybridized carbons (Fsp3) is 0.619. The average molecular weight is 319 g/mol. The third kappa shape index (κ3) is 6.78. The van der Waals surface area contributed by atoms with E-state index in [1.165, 1.54) is 0 Å². The maximum absolute atomic E-state index is 11.2. The van der Waals surface area contributed by atoms with Crippen LogP contribution in [0.25, 0.3) is 5.57 Å². The van der Waals surface area contributed by atoms with Gasteiger partial charge in [-0.3, -0.25) is 0 Å². The molecule has 0 bridgehead atoms. The van der Waals surface area contributed by atoms with E-state index in [4.69, 9.17) is 0 Å². The molecule has 0 radical (unpaired) electrons. The number of benzene rings is 1. The molecule has 0 aromatic heterocycles. The van der Waals surface area contributed by atoms with Crippen LogP contribution in [-0.2, 0) is 0 Å². The number of hydrogen-bond acceptors (Lipinski definition) is 2. The summed E-state index contributed by atoms with van der Waals surface area (Å²) in [6, 6.07) is 7.43. The van der Waals surface area contributed by atoms with Gasteiger partial charge in [0, 0.05) is 5.56 Å². The van der Waals surface area contributed by atoms with E-state index in [0.29, 0.717) is 17.8 Å². The Labute approximate surface area is 142 Å². The van der Waals surface area contributed by atoms with Crippen molar-refractivity contribution in [2.45, 2.75) is 66.4 Å². The van der Waals surface area contributed by atoms with Gasteiger partial charge in [0.15, 0.2) is 0 Å². The van der Waals surface area contributed by atoms with Crippen LogP contribution in [0.2, 0.25) is 0 Å². The van der Waals surface area contributed by atoms with Crippen molar-refractivity contribution in [2.24, 2.45) is 17.8 Å². The zero-order chi connectivity index (χ0) is 17.6. The zero-order valence-electron chi connectivity index (χ0n) is 15.6. The van der Waals surface area contributed by atoms with Gasteiger partial charge in [0.05, 0.1) is 5.60 Å². The summed E-state index contributed by atoms with van der Waals surface area (Å²) in [4.78, 5) is 0. The molecule has 1 aromatic carbocycles. The van der Waals surface area contributed by atoms with E-state index in [1.807, 2.05) is 24.3 Å². The van der Waals surface area contributed by atoms with E-state index >= 15 is 0 Å². The highest BCUT2D eigenvalue weighted by atomic mass is 16.3. The molecule has 0 heterocycles. The molecule has 0 saturated carbocycles. The number of para-hydroxylation sites is 1. The standard InChI is InChI=1S/C21H34O2/c1-15(2)11-18(19-9-7-8-10-20(19)22)14-21(23,12-16(3)4)13-17(5)6/h7-10,14-17,22-23H,11-13H2,1-6H3/b18-14-. The molecule has 2 nitrogen and oxygen atoms in total. The number of allylic oxidation sites excluding steroid dienone is 1. The van der Waals surface area contributed by atoms with Gasteiger partial charge in [-0.2, -0.15) is 0 Å². The van der Waals surface area contributed by atoms with Crippen LogP contribution in [0.1, 0.15) is 66.4 Å². The predicted octanol–water partition coefficient (Wildman–Crippen LogP) is 5.65. The smallest absolute Gasteiger partial charge is 0.123 e. The minimum atomic E-state index is -0.825. The summed E-state index contributed by atoms with van der Waals surface area (Å²) in [5, 5.41) is 21.5. The van der Waals surface area contributed by atoms with Crippen LogP contribution in [-0.4, -0.2) is 15.8 Å². The molecule has 0 aliphatic rings. The maximum Gasteiger partial charge on any atom is 0.123 e. The molecule has 0 atom stereocenters. The first-order valence-electron chi connectivity index (χ1n) is 8.85. The van der Waals surface area contributed by atoms with Crippen LogP contribution in [0.3, 0.4) is 0 Å². The zero-order valence-corrected chi connectivity index (χ0v) is 15.6. The van der Waals surface area contributed by atoms with Gasteiger partial charge in [-0.25, -0.2) is 0 Å². The topological polar surface area (TPSA) is 40.5 Å². The second-order valence-corrected chi connectivity index (χ2v) is 8.08. The SMILES string of the molecule is CC(C)C/C(=C/C(O)(CC(C)C)CC(C)C)c1ccccc1O. The average Bonchev–Trinajstić information content (AvgIpc) is 2.35. The van der Waals surface area contributed by atoms with Crippen molar-refractivity contribution in [3.63, 3.8) is 0 Å². The van der Waals surface area contributed by atoms with Crippen molar-refractivity contribution >= 4 is 5.57 Å². The fourth-order valence-electron chi connectivity index (χ4n) is 3.37. The summed E-state index contributed by atoms with van der Waals surface area (Å²) in [7, 11) is 0. The third-order valence-corrected chi connectivity index (χ3v) is 3.84. The number of phenolic OH excluding ortho intramolecular Hbond substituents is 1. The summed E-state index contributed by atoms with van der Waals surface area (Å²) in [6.07, 6.45) is 4.33. The van der Waals surface area contributed by atoms with E-state index < -0.39 is 5.60 Å². The van der Waals surface area contributed by atoms with E-state index in [1.54, 1.807) is 6.07 Å². The Morgan fingerprint density at radius 1 is 0.957 bits per heavy atom. The molecule has 23 heavy (non-hydrogen) atoms. The largest absolute Gasteiger partial charge is 0.507 e. The first-order valence-corrected chi connectivity index (χ1v) is 8.85. The van der Waals surface area contributed by atoms with E-state index in [9.17, 15) is 10.2 Å². The van der Waals surface area contributed by atoms with Gasteiger partial charge in [-0.05, 0) is 54.7 Å². The number of aromatic hydroxyl groups is 1. The summed E-state index contributed by atoms with van der Waals surface area (Å²) in [6.45, 7) is 12.9. The molecule has 2 N–H and O–H groups in total. The quantitative estimate of drug-likeness (QED) is 0.650.